The van der Waals surface area contributed by atoms with Crippen LogP contribution in [-0.2, 0) is 19.1 Å². The van der Waals surface area contributed by atoms with E-state index in [0.717, 1.165) is 12.8 Å². The van der Waals surface area contributed by atoms with Crippen molar-refractivity contribution in [1.29, 1.82) is 0 Å². The van der Waals surface area contributed by atoms with Crippen LogP contribution in [0.3, 0.4) is 0 Å². The van der Waals surface area contributed by atoms with Crippen molar-refractivity contribution < 1.29 is 23.9 Å². The quantitative estimate of drug-likeness (QED) is 0.648. The predicted molar refractivity (Wildman–Crippen MR) is 130 cm³/mol. The van der Waals surface area contributed by atoms with Crippen molar-refractivity contribution in [3.8, 4) is 11.1 Å². The molecule has 0 aromatic heterocycles. The molecule has 0 spiro atoms. The number of rotatable bonds is 3. The van der Waals surface area contributed by atoms with Gasteiger partial charge in [-0.2, -0.15) is 0 Å². The molecule has 1 saturated heterocycles. The minimum absolute atomic E-state index is 0.0242. The molecular formula is C27H34N2O5. The average Bonchev–Trinajstić information content (AvgIpc) is 2.95. The normalized spacial score (nSPS) is 17.2. The maximum absolute atomic E-state index is 12.2. The van der Waals surface area contributed by atoms with Gasteiger partial charge >= 0.3 is 12.1 Å². The van der Waals surface area contributed by atoms with Crippen LogP contribution in [0.1, 0.15) is 64.0 Å². The fourth-order valence-corrected chi connectivity index (χ4v) is 4.29. The summed E-state index contributed by atoms with van der Waals surface area (Å²) in [4.78, 5) is 34.4. The van der Waals surface area contributed by atoms with Gasteiger partial charge in [0.2, 0.25) is 5.91 Å². The zero-order chi connectivity index (χ0) is 24.7. The molecule has 2 aromatic rings. The minimum atomic E-state index is -0.533. The Morgan fingerprint density at radius 3 is 2.12 bits per heavy atom. The molecular weight excluding hydrogens is 432 g/mol. The standard InChI is InChI=1S/C21H22N2O3.C6H12O2/c24-20-19(11-5-6-12-22-20)23-21(25)26-13-18-16-9-3-1-7-14(16)15-8-2-4-10-17(15)18;1-5(7)8-6(2,3)4/h1-4,7-10,18-19H,5-6,11-13H2,(H,22,24)(H,23,25);1-4H3/t19-;/m0./s1. The van der Waals surface area contributed by atoms with E-state index in [0.29, 0.717) is 13.0 Å². The van der Waals surface area contributed by atoms with E-state index in [1.165, 1.54) is 29.2 Å². The molecule has 1 atom stereocenters. The Labute approximate surface area is 201 Å². The van der Waals surface area contributed by atoms with Crippen LogP contribution in [0.4, 0.5) is 4.79 Å². The molecule has 2 N–H and O–H groups in total. The molecule has 1 aliphatic carbocycles. The van der Waals surface area contributed by atoms with Gasteiger partial charge in [-0.1, -0.05) is 48.5 Å². The summed E-state index contributed by atoms with van der Waals surface area (Å²) in [5.41, 5.74) is 4.41. The smallest absolute Gasteiger partial charge is 0.407 e. The van der Waals surface area contributed by atoms with Crippen molar-refractivity contribution in [1.82, 2.24) is 10.6 Å². The lowest BCUT2D eigenvalue weighted by atomic mass is 9.98. The third-order valence-electron chi connectivity index (χ3n) is 5.62. The summed E-state index contributed by atoms with van der Waals surface area (Å²) >= 11 is 0. The number of carbonyl (C=O) groups excluding carboxylic acids is 3. The number of ether oxygens (including phenoxy) is 2. The third kappa shape index (κ3) is 6.83. The fourth-order valence-electron chi connectivity index (χ4n) is 4.29. The van der Waals surface area contributed by atoms with Crippen LogP contribution in [0.2, 0.25) is 0 Å². The number of benzene rings is 2. The molecule has 4 rings (SSSR count). The zero-order valence-corrected chi connectivity index (χ0v) is 20.4. The highest BCUT2D eigenvalue weighted by molar-refractivity contribution is 5.86. The van der Waals surface area contributed by atoms with Crippen LogP contribution in [0, 0.1) is 0 Å². The highest BCUT2D eigenvalue weighted by Gasteiger charge is 2.30. The van der Waals surface area contributed by atoms with Crippen molar-refractivity contribution in [3.63, 3.8) is 0 Å². The first kappa shape index (κ1) is 25.3. The summed E-state index contributed by atoms with van der Waals surface area (Å²) in [6.45, 7) is 7.86. The fraction of sp³-hybridized carbons (Fsp3) is 0.444. The second-order valence-electron chi connectivity index (χ2n) is 9.52. The van der Waals surface area contributed by atoms with Gasteiger partial charge in [-0.3, -0.25) is 9.59 Å². The summed E-state index contributed by atoms with van der Waals surface area (Å²) in [5.74, 6) is -0.329. The lowest BCUT2D eigenvalue weighted by molar-refractivity contribution is -0.151. The number of amides is 2. The van der Waals surface area contributed by atoms with Crippen LogP contribution in [0.15, 0.2) is 48.5 Å². The molecule has 182 valence electrons. The average molecular weight is 467 g/mol. The second-order valence-corrected chi connectivity index (χ2v) is 9.52. The molecule has 7 nitrogen and oxygen atoms in total. The molecule has 0 unspecified atom stereocenters. The monoisotopic (exact) mass is 466 g/mol. The number of nitrogens with one attached hydrogen (secondary N) is 2. The molecule has 0 saturated carbocycles. The maximum Gasteiger partial charge on any atom is 0.407 e. The molecule has 2 aliphatic rings. The first-order chi connectivity index (χ1) is 16.2. The first-order valence-corrected chi connectivity index (χ1v) is 11.7. The Balaban J connectivity index is 0.000000350. The topological polar surface area (TPSA) is 93.7 Å². The Morgan fingerprint density at radius 1 is 1.00 bits per heavy atom. The summed E-state index contributed by atoms with van der Waals surface area (Å²) < 4.78 is 10.3. The molecule has 7 heteroatoms. The van der Waals surface area contributed by atoms with Gasteiger partial charge in [0.1, 0.15) is 18.2 Å². The largest absolute Gasteiger partial charge is 0.460 e. The van der Waals surface area contributed by atoms with Gasteiger partial charge in [-0.05, 0) is 62.3 Å². The molecule has 0 radical (unpaired) electrons. The minimum Gasteiger partial charge on any atom is -0.460 e. The van der Waals surface area contributed by atoms with E-state index < -0.39 is 12.1 Å². The number of fused-ring (bicyclic) bond motifs is 3. The number of esters is 1. The van der Waals surface area contributed by atoms with Crippen LogP contribution >= 0.6 is 0 Å². The third-order valence-corrected chi connectivity index (χ3v) is 5.62. The van der Waals surface area contributed by atoms with Crippen LogP contribution in [-0.4, -0.2) is 42.8 Å². The van der Waals surface area contributed by atoms with Crippen molar-refractivity contribution in [2.24, 2.45) is 0 Å². The van der Waals surface area contributed by atoms with Gasteiger partial charge in [0.25, 0.3) is 0 Å². The molecule has 1 aliphatic heterocycles. The molecule has 34 heavy (non-hydrogen) atoms. The van der Waals surface area contributed by atoms with Crippen molar-refractivity contribution in [2.75, 3.05) is 13.2 Å². The van der Waals surface area contributed by atoms with Gasteiger partial charge in [0.05, 0.1) is 0 Å². The van der Waals surface area contributed by atoms with E-state index in [4.69, 9.17) is 9.47 Å². The van der Waals surface area contributed by atoms with Gasteiger partial charge in [0, 0.05) is 19.4 Å². The first-order valence-electron chi connectivity index (χ1n) is 11.7. The molecule has 1 heterocycles. The molecule has 2 aromatic carbocycles. The Morgan fingerprint density at radius 2 is 1.59 bits per heavy atom. The van der Waals surface area contributed by atoms with E-state index in [1.807, 2.05) is 45.0 Å². The van der Waals surface area contributed by atoms with Crippen LogP contribution in [0.5, 0.6) is 0 Å². The molecule has 1 fully saturated rings. The van der Waals surface area contributed by atoms with Gasteiger partial charge < -0.3 is 20.1 Å². The SMILES string of the molecule is CC(=O)OC(C)(C)C.O=C(N[C@H]1CCCCNC1=O)OCC1c2ccccc2-c2ccccc21. The summed E-state index contributed by atoms with van der Waals surface area (Å²) in [6, 6.07) is 15.9. The highest BCUT2D eigenvalue weighted by atomic mass is 16.6. The highest BCUT2D eigenvalue weighted by Crippen LogP contribution is 2.44. The number of hydrogen-bond donors (Lipinski definition) is 2. The summed E-state index contributed by atoms with van der Waals surface area (Å²) in [6.07, 6.45) is 1.96. The van der Waals surface area contributed by atoms with Gasteiger partial charge in [-0.15, -0.1) is 0 Å². The zero-order valence-electron chi connectivity index (χ0n) is 20.4. The van der Waals surface area contributed by atoms with Crippen LogP contribution in [0.25, 0.3) is 11.1 Å². The Bertz CT molecular complexity index is 982. The van der Waals surface area contributed by atoms with E-state index in [-0.39, 0.29) is 30.0 Å². The number of alkyl carbamates (subject to hydrolysis) is 1. The van der Waals surface area contributed by atoms with E-state index in [1.54, 1.807) is 0 Å². The van der Waals surface area contributed by atoms with Gasteiger partial charge in [-0.25, -0.2) is 4.79 Å². The van der Waals surface area contributed by atoms with Crippen LogP contribution < -0.4 is 10.6 Å². The lowest BCUT2D eigenvalue weighted by Crippen LogP contribution is -2.45. The van der Waals surface area contributed by atoms with Crippen molar-refractivity contribution in [3.05, 3.63) is 59.7 Å². The number of hydrogen-bond acceptors (Lipinski definition) is 5. The summed E-state index contributed by atoms with van der Waals surface area (Å²) in [7, 11) is 0. The van der Waals surface area contributed by atoms with Gasteiger partial charge in [0.15, 0.2) is 0 Å². The van der Waals surface area contributed by atoms with E-state index in [2.05, 4.69) is 34.9 Å². The summed E-state index contributed by atoms with van der Waals surface area (Å²) in [5, 5.41) is 5.52. The lowest BCUT2D eigenvalue weighted by Gasteiger charge is -2.17. The second kappa shape index (κ2) is 11.2. The van der Waals surface area contributed by atoms with E-state index >= 15 is 0 Å². The molecule has 0 bridgehead atoms. The number of carbonyl (C=O) groups is 3. The maximum atomic E-state index is 12.2. The van der Waals surface area contributed by atoms with Crippen molar-refractivity contribution in [2.45, 2.75) is 64.5 Å². The van der Waals surface area contributed by atoms with Crippen molar-refractivity contribution >= 4 is 18.0 Å². The molecule has 2 amide bonds. The van der Waals surface area contributed by atoms with E-state index in [9.17, 15) is 14.4 Å². The predicted octanol–water partition coefficient (Wildman–Crippen LogP) is 4.54. The Kier molecular flexibility index (Phi) is 8.31. The Hall–Kier alpha value is -3.35.